The van der Waals surface area contributed by atoms with Crippen molar-refractivity contribution in [1.29, 1.82) is 0 Å². The molecule has 2 aromatic carbocycles. The number of anilines is 2. The maximum atomic E-state index is 13.4. The van der Waals surface area contributed by atoms with Crippen LogP contribution < -0.4 is 10.2 Å². The average Bonchev–Trinajstić information content (AvgIpc) is 3.49. The van der Waals surface area contributed by atoms with E-state index in [0.717, 1.165) is 36.6 Å². The van der Waals surface area contributed by atoms with Gasteiger partial charge in [0.1, 0.15) is 5.76 Å². The van der Waals surface area contributed by atoms with Gasteiger partial charge < -0.3 is 19.5 Å². The predicted molar refractivity (Wildman–Crippen MR) is 126 cm³/mol. The summed E-state index contributed by atoms with van der Waals surface area (Å²) in [6.07, 6.45) is 4.10. The average molecular weight is 438 g/mol. The molecule has 1 aliphatic heterocycles. The van der Waals surface area contributed by atoms with Crippen LogP contribution in [0.5, 0.6) is 0 Å². The fourth-order valence-electron chi connectivity index (χ4n) is 4.03. The lowest BCUT2D eigenvalue weighted by atomic mass is 10.1. The van der Waals surface area contributed by atoms with Crippen molar-refractivity contribution >= 4 is 28.9 Å². The van der Waals surface area contributed by atoms with Gasteiger partial charge in [0.2, 0.25) is 0 Å². The summed E-state index contributed by atoms with van der Waals surface area (Å²) in [6, 6.07) is 17.4. The van der Waals surface area contributed by atoms with Crippen LogP contribution in [0.1, 0.15) is 41.4 Å². The Morgan fingerprint density at radius 1 is 1.10 bits per heavy atom. The molecular formula is C25H28ClN3O2. The Kier molecular flexibility index (Phi) is 6.82. The molecule has 0 unspecified atom stereocenters. The van der Waals surface area contributed by atoms with Crippen LogP contribution in [-0.2, 0) is 13.1 Å². The minimum Gasteiger partial charge on any atom is -0.467 e. The summed E-state index contributed by atoms with van der Waals surface area (Å²) in [5.41, 5.74) is 3.85. The second kappa shape index (κ2) is 9.92. The van der Waals surface area contributed by atoms with Gasteiger partial charge in [-0.05, 0) is 61.7 Å². The monoisotopic (exact) mass is 437 g/mol. The first-order valence-corrected chi connectivity index (χ1v) is 11.2. The Hall–Kier alpha value is -2.92. The highest BCUT2D eigenvalue weighted by Gasteiger charge is 2.22. The minimum atomic E-state index is -0.118. The Morgan fingerprint density at radius 3 is 2.61 bits per heavy atom. The van der Waals surface area contributed by atoms with E-state index in [-0.39, 0.29) is 5.91 Å². The van der Waals surface area contributed by atoms with Crippen molar-refractivity contribution in [2.45, 2.75) is 32.9 Å². The molecule has 0 radical (unpaired) electrons. The number of benzene rings is 2. The smallest absolute Gasteiger partial charge is 0.256 e. The van der Waals surface area contributed by atoms with Crippen LogP contribution in [0.15, 0.2) is 65.3 Å². The number of hydrogen-bond donors (Lipinski definition) is 1. The first-order chi connectivity index (χ1) is 15.2. The van der Waals surface area contributed by atoms with Gasteiger partial charge in [-0.2, -0.15) is 0 Å². The quantitative estimate of drug-likeness (QED) is 0.483. The standard InChI is InChI=1S/C25H28ClN3O2/c1-2-27-24-16-20(28-13-5-6-14-28)12-11-19(24)17-29(18-21-8-7-15-31-21)25(30)22-9-3-4-10-23(22)26/h3-4,7-12,15-16,27H,2,5-6,13-14,17-18H2,1H3. The van der Waals surface area contributed by atoms with Gasteiger partial charge in [0.25, 0.3) is 5.91 Å². The van der Waals surface area contributed by atoms with E-state index in [9.17, 15) is 4.79 Å². The minimum absolute atomic E-state index is 0.118. The Bertz CT molecular complexity index is 1010. The van der Waals surface area contributed by atoms with Crippen LogP contribution in [0.2, 0.25) is 5.02 Å². The van der Waals surface area contributed by atoms with Gasteiger partial charge in [-0.3, -0.25) is 4.79 Å². The molecule has 2 heterocycles. The molecule has 0 aliphatic carbocycles. The summed E-state index contributed by atoms with van der Waals surface area (Å²) in [6.45, 7) is 5.92. The molecule has 0 atom stereocenters. The highest BCUT2D eigenvalue weighted by Crippen LogP contribution is 2.29. The Morgan fingerprint density at radius 2 is 1.90 bits per heavy atom. The highest BCUT2D eigenvalue weighted by molar-refractivity contribution is 6.33. The third kappa shape index (κ3) is 5.05. The van der Waals surface area contributed by atoms with Gasteiger partial charge >= 0.3 is 0 Å². The first-order valence-electron chi connectivity index (χ1n) is 10.8. The van der Waals surface area contributed by atoms with E-state index in [0.29, 0.717) is 23.7 Å². The van der Waals surface area contributed by atoms with E-state index in [1.165, 1.54) is 18.5 Å². The van der Waals surface area contributed by atoms with Crippen molar-refractivity contribution in [3.63, 3.8) is 0 Å². The van der Waals surface area contributed by atoms with Crippen LogP contribution in [0, 0.1) is 0 Å². The number of amides is 1. The summed E-state index contributed by atoms with van der Waals surface area (Å²) >= 11 is 6.33. The number of hydrogen-bond acceptors (Lipinski definition) is 4. The number of carbonyl (C=O) groups is 1. The molecule has 1 amide bonds. The van der Waals surface area contributed by atoms with E-state index in [4.69, 9.17) is 16.0 Å². The van der Waals surface area contributed by atoms with E-state index in [2.05, 4.69) is 35.3 Å². The van der Waals surface area contributed by atoms with Crippen molar-refractivity contribution in [2.24, 2.45) is 0 Å². The van der Waals surface area contributed by atoms with E-state index in [1.54, 1.807) is 23.3 Å². The van der Waals surface area contributed by atoms with Crippen molar-refractivity contribution in [1.82, 2.24) is 4.90 Å². The molecule has 0 bridgehead atoms. The van der Waals surface area contributed by atoms with Crippen LogP contribution >= 0.6 is 11.6 Å². The first kappa shape index (κ1) is 21.3. The van der Waals surface area contributed by atoms with Crippen LogP contribution in [-0.4, -0.2) is 30.4 Å². The molecule has 1 aliphatic rings. The predicted octanol–water partition coefficient (Wildman–Crippen LogP) is 5.81. The number of nitrogens with zero attached hydrogens (tertiary/aromatic N) is 2. The third-order valence-electron chi connectivity index (χ3n) is 5.61. The molecule has 1 aromatic heterocycles. The number of rotatable bonds is 8. The van der Waals surface area contributed by atoms with Gasteiger partial charge in [-0.1, -0.05) is 29.8 Å². The molecule has 0 spiro atoms. The Balaban J connectivity index is 1.64. The number of nitrogens with one attached hydrogen (secondary N) is 1. The summed E-state index contributed by atoms with van der Waals surface area (Å²) < 4.78 is 5.53. The van der Waals surface area contributed by atoms with Gasteiger partial charge in [-0.25, -0.2) is 0 Å². The number of carbonyl (C=O) groups excluding carboxylic acids is 1. The van der Waals surface area contributed by atoms with Crippen LogP contribution in [0.3, 0.4) is 0 Å². The van der Waals surface area contributed by atoms with Gasteiger partial charge in [0, 0.05) is 37.6 Å². The van der Waals surface area contributed by atoms with E-state index in [1.807, 2.05) is 24.3 Å². The molecule has 1 fully saturated rings. The zero-order valence-corrected chi connectivity index (χ0v) is 18.6. The summed E-state index contributed by atoms with van der Waals surface area (Å²) in [4.78, 5) is 17.6. The third-order valence-corrected chi connectivity index (χ3v) is 5.94. The van der Waals surface area contributed by atoms with Gasteiger partial charge in [0.05, 0.1) is 23.4 Å². The van der Waals surface area contributed by atoms with E-state index >= 15 is 0 Å². The van der Waals surface area contributed by atoms with Gasteiger partial charge in [-0.15, -0.1) is 0 Å². The zero-order chi connectivity index (χ0) is 21.6. The van der Waals surface area contributed by atoms with Gasteiger partial charge in [0.15, 0.2) is 0 Å². The molecular weight excluding hydrogens is 410 g/mol. The molecule has 1 N–H and O–H groups in total. The number of furan rings is 1. The molecule has 1 saturated heterocycles. The molecule has 31 heavy (non-hydrogen) atoms. The summed E-state index contributed by atoms with van der Waals surface area (Å²) in [5.74, 6) is 0.618. The maximum absolute atomic E-state index is 13.4. The maximum Gasteiger partial charge on any atom is 0.256 e. The topological polar surface area (TPSA) is 48.7 Å². The summed E-state index contributed by atoms with van der Waals surface area (Å²) in [5, 5.41) is 3.93. The lowest BCUT2D eigenvalue weighted by molar-refractivity contribution is 0.0718. The fourth-order valence-corrected chi connectivity index (χ4v) is 4.25. The van der Waals surface area contributed by atoms with Crippen molar-refractivity contribution in [3.05, 3.63) is 82.8 Å². The highest BCUT2D eigenvalue weighted by atomic mass is 35.5. The molecule has 6 heteroatoms. The second-order valence-corrected chi connectivity index (χ2v) is 8.19. The lowest BCUT2D eigenvalue weighted by Crippen LogP contribution is -2.30. The normalized spacial score (nSPS) is 13.4. The molecule has 162 valence electrons. The van der Waals surface area contributed by atoms with E-state index < -0.39 is 0 Å². The second-order valence-electron chi connectivity index (χ2n) is 7.79. The lowest BCUT2D eigenvalue weighted by Gasteiger charge is -2.25. The molecule has 4 rings (SSSR count). The zero-order valence-electron chi connectivity index (χ0n) is 17.8. The fraction of sp³-hybridized carbons (Fsp3) is 0.320. The summed E-state index contributed by atoms with van der Waals surface area (Å²) in [7, 11) is 0. The molecule has 3 aromatic rings. The number of halogens is 1. The van der Waals surface area contributed by atoms with Crippen molar-refractivity contribution < 1.29 is 9.21 Å². The van der Waals surface area contributed by atoms with Crippen molar-refractivity contribution in [2.75, 3.05) is 29.9 Å². The Labute approximate surface area is 188 Å². The molecule has 5 nitrogen and oxygen atoms in total. The largest absolute Gasteiger partial charge is 0.467 e. The van der Waals surface area contributed by atoms with Crippen molar-refractivity contribution in [3.8, 4) is 0 Å². The molecule has 0 saturated carbocycles. The SMILES string of the molecule is CCNc1cc(N2CCCC2)ccc1CN(Cc1ccco1)C(=O)c1ccccc1Cl. The van der Waals surface area contributed by atoms with Crippen LogP contribution in [0.25, 0.3) is 0 Å². The van der Waals surface area contributed by atoms with Crippen LogP contribution in [0.4, 0.5) is 11.4 Å².